The van der Waals surface area contributed by atoms with Crippen LogP contribution in [0.4, 0.5) is 0 Å². The van der Waals surface area contributed by atoms with Crippen molar-refractivity contribution in [3.8, 4) is 33.8 Å². The van der Waals surface area contributed by atoms with Crippen LogP contribution in [-0.2, 0) is 16.0 Å². The highest BCUT2D eigenvalue weighted by atomic mass is 16.6. The van der Waals surface area contributed by atoms with Crippen molar-refractivity contribution in [3.05, 3.63) is 102 Å². The molecule has 0 spiro atoms. The zero-order valence-corrected chi connectivity index (χ0v) is 24.5. The van der Waals surface area contributed by atoms with Crippen molar-refractivity contribution in [2.24, 2.45) is 0 Å². The Hall–Kier alpha value is -5.05. The Balaban J connectivity index is 1.44. The SMILES string of the molecule is CNC(=O)CCc1cc(-c2ccc(-c3ccc(C)cc3)cc2)n(-c2ccc(-n3cc(C(=O)OC(C)(C)C)nn3)cc2)n1. The van der Waals surface area contributed by atoms with Gasteiger partial charge in [-0.25, -0.2) is 14.2 Å². The Bertz CT molecular complexity index is 1690. The minimum absolute atomic E-state index is 0.0310. The molecule has 0 aliphatic rings. The van der Waals surface area contributed by atoms with E-state index in [2.05, 4.69) is 71.1 Å². The molecule has 2 heterocycles. The van der Waals surface area contributed by atoms with E-state index in [4.69, 9.17) is 9.84 Å². The Morgan fingerprint density at radius 3 is 2.07 bits per heavy atom. The summed E-state index contributed by atoms with van der Waals surface area (Å²) in [6.07, 6.45) is 2.42. The molecule has 0 unspecified atom stereocenters. The molecule has 1 amide bonds. The third-order valence-electron chi connectivity index (χ3n) is 6.67. The van der Waals surface area contributed by atoms with Crippen molar-refractivity contribution in [1.29, 1.82) is 0 Å². The Morgan fingerprint density at radius 2 is 1.45 bits per heavy atom. The van der Waals surface area contributed by atoms with Crippen LogP contribution in [0.25, 0.3) is 33.8 Å². The van der Waals surface area contributed by atoms with Crippen molar-refractivity contribution in [3.63, 3.8) is 0 Å². The van der Waals surface area contributed by atoms with Crippen LogP contribution in [0.1, 0.15) is 48.9 Å². The van der Waals surface area contributed by atoms with Gasteiger partial charge in [0.05, 0.1) is 29.0 Å². The first-order valence-corrected chi connectivity index (χ1v) is 13.8. The molecule has 1 N–H and O–H groups in total. The summed E-state index contributed by atoms with van der Waals surface area (Å²) < 4.78 is 8.81. The van der Waals surface area contributed by atoms with E-state index in [1.54, 1.807) is 34.0 Å². The number of nitrogens with zero attached hydrogens (tertiary/aromatic N) is 5. The first-order chi connectivity index (χ1) is 20.1. The molecule has 0 aliphatic carbocycles. The average Bonchev–Trinajstić information content (AvgIpc) is 3.64. The van der Waals surface area contributed by atoms with E-state index < -0.39 is 11.6 Å². The fraction of sp³-hybridized carbons (Fsp3) is 0.242. The van der Waals surface area contributed by atoms with Gasteiger partial charge in [-0.2, -0.15) is 5.10 Å². The van der Waals surface area contributed by atoms with E-state index in [1.807, 2.05) is 35.0 Å². The Kier molecular flexibility index (Phi) is 8.01. The number of benzene rings is 3. The summed E-state index contributed by atoms with van der Waals surface area (Å²) in [4.78, 5) is 24.3. The number of hydrogen-bond donors (Lipinski definition) is 1. The minimum atomic E-state index is -0.621. The molecule has 214 valence electrons. The topological polar surface area (TPSA) is 104 Å². The molecule has 5 aromatic rings. The summed E-state index contributed by atoms with van der Waals surface area (Å²) in [6, 6.07) is 26.5. The van der Waals surface area contributed by atoms with E-state index in [0.717, 1.165) is 39.5 Å². The Morgan fingerprint density at radius 1 is 0.857 bits per heavy atom. The molecule has 0 bridgehead atoms. The van der Waals surface area contributed by atoms with Crippen LogP contribution in [0.3, 0.4) is 0 Å². The van der Waals surface area contributed by atoms with Gasteiger partial charge in [-0.05, 0) is 69.2 Å². The first-order valence-electron chi connectivity index (χ1n) is 13.8. The van der Waals surface area contributed by atoms with Crippen LogP contribution in [0.15, 0.2) is 85.1 Å². The molecule has 0 atom stereocenters. The van der Waals surface area contributed by atoms with Gasteiger partial charge in [0, 0.05) is 25.5 Å². The molecule has 0 saturated heterocycles. The Labute approximate surface area is 245 Å². The fourth-order valence-corrected chi connectivity index (χ4v) is 4.46. The van der Waals surface area contributed by atoms with Gasteiger partial charge in [0.15, 0.2) is 5.69 Å². The van der Waals surface area contributed by atoms with Crippen molar-refractivity contribution in [1.82, 2.24) is 30.1 Å². The third kappa shape index (κ3) is 6.63. The molecule has 3 aromatic carbocycles. The zero-order chi connectivity index (χ0) is 29.9. The van der Waals surface area contributed by atoms with E-state index in [-0.39, 0.29) is 11.6 Å². The molecule has 9 nitrogen and oxygen atoms in total. The molecule has 9 heteroatoms. The van der Waals surface area contributed by atoms with Gasteiger partial charge in [0.25, 0.3) is 0 Å². The molecule has 2 aromatic heterocycles. The minimum Gasteiger partial charge on any atom is -0.455 e. The summed E-state index contributed by atoms with van der Waals surface area (Å²) in [7, 11) is 1.63. The lowest BCUT2D eigenvalue weighted by molar-refractivity contribution is -0.120. The number of aryl methyl sites for hydroxylation is 2. The molecule has 0 radical (unpaired) electrons. The fourth-order valence-electron chi connectivity index (χ4n) is 4.46. The van der Waals surface area contributed by atoms with E-state index in [1.165, 1.54) is 10.2 Å². The average molecular weight is 563 g/mol. The number of carbonyl (C=O) groups excluding carboxylic acids is 2. The quantitative estimate of drug-likeness (QED) is 0.242. The molecule has 42 heavy (non-hydrogen) atoms. The summed E-state index contributed by atoms with van der Waals surface area (Å²) >= 11 is 0. The molecule has 5 rings (SSSR count). The van der Waals surface area contributed by atoms with Gasteiger partial charge >= 0.3 is 5.97 Å². The lowest BCUT2D eigenvalue weighted by Gasteiger charge is -2.18. The number of esters is 1. The summed E-state index contributed by atoms with van der Waals surface area (Å²) in [5.41, 5.74) is 7.35. The monoisotopic (exact) mass is 562 g/mol. The van der Waals surface area contributed by atoms with E-state index in [0.29, 0.717) is 12.8 Å². The maximum Gasteiger partial charge on any atom is 0.361 e. The van der Waals surface area contributed by atoms with Crippen LogP contribution in [-0.4, -0.2) is 49.3 Å². The zero-order valence-electron chi connectivity index (χ0n) is 24.5. The number of hydrogen-bond acceptors (Lipinski definition) is 6. The van der Waals surface area contributed by atoms with Crippen LogP contribution < -0.4 is 5.32 Å². The van der Waals surface area contributed by atoms with Crippen molar-refractivity contribution < 1.29 is 14.3 Å². The summed E-state index contributed by atoms with van der Waals surface area (Å²) in [6.45, 7) is 7.50. The predicted molar refractivity (Wildman–Crippen MR) is 162 cm³/mol. The second-order valence-corrected chi connectivity index (χ2v) is 11.1. The highest BCUT2D eigenvalue weighted by molar-refractivity contribution is 5.87. The van der Waals surface area contributed by atoms with Gasteiger partial charge in [0.2, 0.25) is 5.91 Å². The van der Waals surface area contributed by atoms with Gasteiger partial charge in [-0.3, -0.25) is 4.79 Å². The number of ether oxygens (including phenoxy) is 1. The lowest BCUT2D eigenvalue weighted by atomic mass is 10.0. The van der Waals surface area contributed by atoms with E-state index in [9.17, 15) is 9.59 Å². The van der Waals surface area contributed by atoms with Crippen molar-refractivity contribution in [2.75, 3.05) is 7.05 Å². The molecular formula is C33H34N6O3. The third-order valence-corrected chi connectivity index (χ3v) is 6.67. The standard InChI is InChI=1S/C33H34N6O3/c1-22-6-8-23(9-7-22)24-10-12-25(13-11-24)30-20-26(14-19-31(40)34-5)36-39(30)28-17-15-27(16-18-28)38-21-29(35-37-38)32(41)42-33(2,3)4/h6-13,15-18,20-21H,14,19H2,1-5H3,(H,34,40). The largest absolute Gasteiger partial charge is 0.455 e. The number of aromatic nitrogens is 5. The predicted octanol–water partition coefficient (Wildman–Crippen LogP) is 5.73. The molecule has 0 saturated carbocycles. The van der Waals surface area contributed by atoms with Crippen LogP contribution in [0.5, 0.6) is 0 Å². The summed E-state index contributed by atoms with van der Waals surface area (Å²) in [5.74, 6) is -0.555. The lowest BCUT2D eigenvalue weighted by Crippen LogP contribution is -2.24. The number of rotatable bonds is 8. The van der Waals surface area contributed by atoms with Crippen LogP contribution >= 0.6 is 0 Å². The second kappa shape index (κ2) is 11.8. The first kappa shape index (κ1) is 28.5. The van der Waals surface area contributed by atoms with Gasteiger partial charge in [-0.1, -0.05) is 59.3 Å². The van der Waals surface area contributed by atoms with E-state index >= 15 is 0 Å². The highest BCUT2D eigenvalue weighted by Crippen LogP contribution is 2.28. The summed E-state index contributed by atoms with van der Waals surface area (Å²) in [5, 5.41) is 15.6. The van der Waals surface area contributed by atoms with Crippen LogP contribution in [0.2, 0.25) is 0 Å². The molecule has 0 aliphatic heterocycles. The maximum absolute atomic E-state index is 12.4. The number of carbonyl (C=O) groups is 2. The molecule has 0 fully saturated rings. The normalized spacial score (nSPS) is 11.4. The smallest absolute Gasteiger partial charge is 0.361 e. The van der Waals surface area contributed by atoms with Gasteiger partial charge in [0.1, 0.15) is 5.60 Å². The second-order valence-electron chi connectivity index (χ2n) is 11.1. The number of nitrogens with one attached hydrogen (secondary N) is 1. The van der Waals surface area contributed by atoms with Crippen molar-refractivity contribution >= 4 is 11.9 Å². The van der Waals surface area contributed by atoms with Crippen LogP contribution in [0, 0.1) is 6.92 Å². The number of amides is 1. The van der Waals surface area contributed by atoms with Gasteiger partial charge in [-0.15, -0.1) is 5.10 Å². The molecular weight excluding hydrogens is 528 g/mol. The van der Waals surface area contributed by atoms with Gasteiger partial charge < -0.3 is 10.1 Å². The maximum atomic E-state index is 12.4. The van der Waals surface area contributed by atoms with Crippen molar-refractivity contribution in [2.45, 2.75) is 46.1 Å². The highest BCUT2D eigenvalue weighted by Gasteiger charge is 2.21.